The van der Waals surface area contributed by atoms with Gasteiger partial charge < -0.3 is 10.2 Å². The Balaban J connectivity index is 0.00000205. The van der Waals surface area contributed by atoms with Gasteiger partial charge in [-0.1, -0.05) is 57.3 Å². The van der Waals surface area contributed by atoms with Crippen LogP contribution >= 0.6 is 0 Å². The number of hydrogen-bond donors (Lipinski definition) is 1. The van der Waals surface area contributed by atoms with E-state index < -0.39 is 11.7 Å². The standard InChI is InChI=1S/C31H31FN2O3.C2H6/c1-20-9-10-26(32)16-27(20)29(36)33-22(3)15-21(2)23(4)30(37)34-14-13-31(12-11-24(17-31)19-35)18-25-7-5-6-8-28(25)34;1-2/h5-10,15-17,19H,3-4,11-14,18H2,1-2H3,(H,33,36);1-2H3/b21-15-;. The number of benzene rings is 2. The zero-order valence-electron chi connectivity index (χ0n) is 23.3. The summed E-state index contributed by atoms with van der Waals surface area (Å²) < 4.78 is 13.6. The van der Waals surface area contributed by atoms with Crippen molar-refractivity contribution in [3.63, 3.8) is 0 Å². The maximum absolute atomic E-state index is 13.6. The molecule has 1 unspecified atom stereocenters. The highest BCUT2D eigenvalue weighted by molar-refractivity contribution is 6.08. The Morgan fingerprint density at radius 1 is 1.10 bits per heavy atom. The summed E-state index contributed by atoms with van der Waals surface area (Å²) in [7, 11) is 0. The Hall–Kier alpha value is -4.06. The van der Waals surface area contributed by atoms with E-state index in [1.807, 2.05) is 38.1 Å². The number of carbonyl (C=O) groups is 3. The topological polar surface area (TPSA) is 66.5 Å². The lowest BCUT2D eigenvalue weighted by atomic mass is 9.79. The van der Waals surface area contributed by atoms with E-state index in [0.717, 1.165) is 48.8 Å². The summed E-state index contributed by atoms with van der Waals surface area (Å²) in [6.07, 6.45) is 7.79. The normalized spacial score (nSPS) is 18.2. The molecule has 6 heteroatoms. The monoisotopic (exact) mass is 528 g/mol. The number of carbonyl (C=O) groups excluding carboxylic acids is 3. The Bertz CT molecular complexity index is 1370. The fourth-order valence-electron chi connectivity index (χ4n) is 5.19. The van der Waals surface area contributed by atoms with Gasteiger partial charge >= 0.3 is 0 Å². The van der Waals surface area contributed by atoms with Crippen molar-refractivity contribution < 1.29 is 18.8 Å². The van der Waals surface area contributed by atoms with Gasteiger partial charge in [0.1, 0.15) is 12.1 Å². The summed E-state index contributed by atoms with van der Waals surface area (Å²) >= 11 is 0. The lowest BCUT2D eigenvalue weighted by Crippen LogP contribution is -2.34. The smallest absolute Gasteiger partial charge is 0.257 e. The molecule has 2 aromatic rings. The summed E-state index contributed by atoms with van der Waals surface area (Å²) in [5.41, 5.74) is 4.58. The zero-order valence-corrected chi connectivity index (χ0v) is 23.3. The molecule has 0 aromatic heterocycles. The molecular weight excluding hydrogens is 491 g/mol. The van der Waals surface area contributed by atoms with Gasteiger partial charge in [0.05, 0.1) is 0 Å². The van der Waals surface area contributed by atoms with E-state index in [-0.39, 0.29) is 22.6 Å². The molecule has 4 rings (SSSR count). The second-order valence-corrected chi connectivity index (χ2v) is 9.96. The third-order valence-corrected chi connectivity index (χ3v) is 7.30. The minimum atomic E-state index is -0.498. The molecule has 204 valence electrons. The molecule has 0 saturated heterocycles. The number of nitrogens with one attached hydrogen (secondary N) is 1. The zero-order chi connectivity index (χ0) is 28.7. The van der Waals surface area contributed by atoms with Crippen molar-refractivity contribution in [2.24, 2.45) is 5.41 Å². The quantitative estimate of drug-likeness (QED) is 0.255. The number of aldehydes is 1. The molecule has 5 nitrogen and oxygen atoms in total. The largest absolute Gasteiger partial charge is 0.323 e. The fourth-order valence-corrected chi connectivity index (χ4v) is 5.19. The van der Waals surface area contributed by atoms with Gasteiger partial charge in [-0.3, -0.25) is 14.4 Å². The molecular formula is C33H37FN2O3. The van der Waals surface area contributed by atoms with Crippen LogP contribution in [0.15, 0.2) is 90.2 Å². The van der Waals surface area contributed by atoms with Gasteiger partial charge in [-0.2, -0.15) is 0 Å². The van der Waals surface area contributed by atoms with Crippen LogP contribution in [0.3, 0.4) is 0 Å². The molecule has 1 heterocycles. The van der Waals surface area contributed by atoms with Crippen LogP contribution in [0.1, 0.15) is 61.5 Å². The number of hydrogen-bond acceptors (Lipinski definition) is 3. The molecule has 1 aliphatic carbocycles. The molecule has 2 aliphatic rings. The lowest BCUT2D eigenvalue weighted by Gasteiger charge is -2.26. The van der Waals surface area contributed by atoms with Crippen LogP contribution in [0.4, 0.5) is 10.1 Å². The molecule has 0 fully saturated rings. The third kappa shape index (κ3) is 6.69. The molecule has 0 radical (unpaired) electrons. The van der Waals surface area contributed by atoms with Crippen molar-refractivity contribution in [3.05, 3.63) is 113 Å². The summed E-state index contributed by atoms with van der Waals surface area (Å²) in [6.45, 7) is 15.9. The Morgan fingerprint density at radius 2 is 1.82 bits per heavy atom. The number of amides is 2. The van der Waals surface area contributed by atoms with E-state index in [4.69, 9.17) is 0 Å². The molecule has 2 amide bonds. The molecule has 2 aromatic carbocycles. The second-order valence-electron chi connectivity index (χ2n) is 9.96. The van der Waals surface area contributed by atoms with E-state index in [9.17, 15) is 18.8 Å². The van der Waals surface area contributed by atoms with Crippen LogP contribution in [0.2, 0.25) is 0 Å². The van der Waals surface area contributed by atoms with E-state index in [1.165, 1.54) is 12.1 Å². The number of anilines is 1. The van der Waals surface area contributed by atoms with E-state index in [0.29, 0.717) is 23.3 Å². The van der Waals surface area contributed by atoms with Gasteiger partial charge in [0.25, 0.3) is 11.8 Å². The highest BCUT2D eigenvalue weighted by Gasteiger charge is 2.38. The molecule has 0 saturated carbocycles. The minimum Gasteiger partial charge on any atom is -0.323 e. The SMILES string of the molecule is C=C(/C=C(/C)C(=C)C(=O)N1CCC2(C=C(C=O)CC2)Cc2ccccc21)NC(=O)c1cc(F)ccc1C.CC. The lowest BCUT2D eigenvalue weighted by molar-refractivity contribution is -0.115. The maximum Gasteiger partial charge on any atom is 0.257 e. The third-order valence-electron chi connectivity index (χ3n) is 7.30. The number of fused-ring (bicyclic) bond motifs is 1. The van der Waals surface area contributed by atoms with Crippen molar-refractivity contribution in [2.75, 3.05) is 11.4 Å². The van der Waals surface area contributed by atoms with Crippen LogP contribution in [0, 0.1) is 18.2 Å². The number of allylic oxidation sites excluding steroid dienone is 3. The number of aryl methyl sites for hydroxylation is 1. The first-order valence-corrected chi connectivity index (χ1v) is 13.3. The molecule has 1 aliphatic heterocycles. The Labute approximate surface area is 230 Å². The number of rotatable bonds is 6. The van der Waals surface area contributed by atoms with Gasteiger partial charge in [0, 0.05) is 29.1 Å². The predicted octanol–water partition coefficient (Wildman–Crippen LogP) is 6.79. The average Bonchev–Trinajstić information content (AvgIpc) is 3.26. The summed E-state index contributed by atoms with van der Waals surface area (Å²) in [6, 6.07) is 11.9. The Morgan fingerprint density at radius 3 is 2.51 bits per heavy atom. The van der Waals surface area contributed by atoms with Gasteiger partial charge in [-0.15, -0.1) is 0 Å². The number of halogens is 1. The van der Waals surface area contributed by atoms with E-state index in [1.54, 1.807) is 30.9 Å². The molecule has 1 atom stereocenters. The number of para-hydroxylation sites is 1. The van der Waals surface area contributed by atoms with Crippen molar-refractivity contribution >= 4 is 23.8 Å². The predicted molar refractivity (Wildman–Crippen MR) is 155 cm³/mol. The summed E-state index contributed by atoms with van der Waals surface area (Å²) in [5.74, 6) is -1.20. The van der Waals surface area contributed by atoms with Gasteiger partial charge in [-0.05, 0) is 91.5 Å². The van der Waals surface area contributed by atoms with Crippen LogP contribution in [0.5, 0.6) is 0 Å². The van der Waals surface area contributed by atoms with Gasteiger partial charge in [-0.25, -0.2) is 4.39 Å². The minimum absolute atomic E-state index is 0.138. The molecule has 1 N–H and O–H groups in total. The summed E-state index contributed by atoms with van der Waals surface area (Å²) in [5, 5.41) is 2.66. The van der Waals surface area contributed by atoms with E-state index >= 15 is 0 Å². The summed E-state index contributed by atoms with van der Waals surface area (Å²) in [4.78, 5) is 39.4. The Kier molecular flexibility index (Phi) is 9.57. The van der Waals surface area contributed by atoms with Crippen LogP contribution in [-0.4, -0.2) is 24.6 Å². The highest BCUT2D eigenvalue weighted by Crippen LogP contribution is 2.45. The van der Waals surface area contributed by atoms with Crippen molar-refractivity contribution in [2.45, 2.75) is 53.4 Å². The van der Waals surface area contributed by atoms with Crippen molar-refractivity contribution in [1.82, 2.24) is 5.32 Å². The molecule has 0 bridgehead atoms. The van der Waals surface area contributed by atoms with Crippen LogP contribution in [0.25, 0.3) is 0 Å². The fraction of sp³-hybridized carbons (Fsp3) is 0.303. The van der Waals surface area contributed by atoms with Crippen LogP contribution < -0.4 is 10.2 Å². The first kappa shape index (κ1) is 29.5. The first-order valence-electron chi connectivity index (χ1n) is 13.3. The van der Waals surface area contributed by atoms with Gasteiger partial charge in [0.15, 0.2) is 0 Å². The second kappa shape index (κ2) is 12.7. The molecule has 39 heavy (non-hydrogen) atoms. The van der Waals surface area contributed by atoms with Gasteiger partial charge in [0.2, 0.25) is 0 Å². The van der Waals surface area contributed by atoms with Crippen molar-refractivity contribution in [3.8, 4) is 0 Å². The number of nitrogens with zero attached hydrogens (tertiary/aromatic N) is 1. The average molecular weight is 529 g/mol. The van der Waals surface area contributed by atoms with Crippen molar-refractivity contribution in [1.29, 1.82) is 0 Å². The molecule has 1 spiro atoms. The first-order chi connectivity index (χ1) is 18.6. The van der Waals surface area contributed by atoms with E-state index in [2.05, 4.69) is 24.6 Å². The highest BCUT2D eigenvalue weighted by atomic mass is 19.1. The maximum atomic E-state index is 13.6. The van der Waals surface area contributed by atoms with Crippen LogP contribution in [-0.2, 0) is 16.0 Å².